The Morgan fingerprint density at radius 3 is 2.08 bits per heavy atom. The predicted octanol–water partition coefficient (Wildman–Crippen LogP) is 9.44. The Balaban J connectivity index is 1.17. The van der Waals surface area contributed by atoms with Crippen LogP contribution in [0.3, 0.4) is 0 Å². The molecule has 1 aliphatic rings. The first kappa shape index (κ1) is 24.0. The second-order valence-electron chi connectivity index (χ2n) is 10.4. The highest BCUT2D eigenvalue weighted by Gasteiger charge is 2.22. The monoisotopic (exact) mass is 514 g/mol. The summed E-state index contributed by atoms with van der Waals surface area (Å²) in [6.07, 6.45) is 8.90. The van der Waals surface area contributed by atoms with Crippen molar-refractivity contribution >= 4 is 22.9 Å². The highest BCUT2D eigenvalue weighted by molar-refractivity contribution is 6.18. The Morgan fingerprint density at radius 1 is 0.650 bits per heavy atom. The van der Waals surface area contributed by atoms with Crippen LogP contribution in [0.2, 0.25) is 0 Å². The molecule has 0 aliphatic heterocycles. The van der Waals surface area contributed by atoms with Crippen LogP contribution in [0.4, 0.5) is 0 Å². The average Bonchev–Trinajstić information content (AvgIpc) is 3.49. The van der Waals surface area contributed by atoms with Gasteiger partial charge >= 0.3 is 0 Å². The second-order valence-corrected chi connectivity index (χ2v) is 10.4. The van der Waals surface area contributed by atoms with Gasteiger partial charge in [0.05, 0.1) is 5.69 Å². The van der Waals surface area contributed by atoms with Crippen LogP contribution in [0.15, 0.2) is 128 Å². The lowest BCUT2D eigenvalue weighted by Crippen LogP contribution is -1.99. The maximum Gasteiger partial charge on any atom is 0.0505 e. The number of hydrogen-bond donors (Lipinski definition) is 1. The number of nitrogens with zero attached hydrogens (tertiary/aromatic N) is 1. The Morgan fingerprint density at radius 2 is 1.32 bits per heavy atom. The second kappa shape index (κ2) is 9.91. The van der Waals surface area contributed by atoms with E-state index in [-0.39, 0.29) is 0 Å². The molecule has 0 atom stereocenters. The molecule has 0 radical (unpaired) electrons. The van der Waals surface area contributed by atoms with Crippen LogP contribution >= 0.6 is 0 Å². The van der Waals surface area contributed by atoms with Gasteiger partial charge in [-0.15, -0.1) is 0 Å². The third-order valence-corrected chi connectivity index (χ3v) is 7.99. The van der Waals surface area contributed by atoms with Gasteiger partial charge in [-0.25, -0.2) is 0 Å². The lowest BCUT2D eigenvalue weighted by Gasteiger charge is -2.11. The smallest absolute Gasteiger partial charge is 0.0505 e. The summed E-state index contributed by atoms with van der Waals surface area (Å²) in [5.41, 5.74) is 19.5. The molecule has 192 valence electrons. The molecule has 1 aliphatic carbocycles. The zero-order valence-electron chi connectivity index (χ0n) is 22.5. The van der Waals surface area contributed by atoms with Gasteiger partial charge in [0.25, 0.3) is 0 Å². The summed E-state index contributed by atoms with van der Waals surface area (Å²) in [4.78, 5) is 0. The molecule has 0 saturated carbocycles. The van der Waals surface area contributed by atoms with Crippen LogP contribution in [-0.2, 0) is 6.42 Å². The molecule has 0 saturated heterocycles. The number of benzene rings is 5. The molecule has 0 bridgehead atoms. The first-order valence-electron chi connectivity index (χ1n) is 13.8. The molecule has 0 fully saturated rings. The van der Waals surface area contributed by atoms with E-state index in [0.717, 1.165) is 23.5 Å². The van der Waals surface area contributed by atoms with Crippen molar-refractivity contribution in [1.29, 1.82) is 0 Å². The maximum atomic E-state index is 5.77. The van der Waals surface area contributed by atoms with Crippen molar-refractivity contribution in [2.45, 2.75) is 13.3 Å². The Hall–Kier alpha value is -5.08. The number of aromatic nitrogens is 1. The van der Waals surface area contributed by atoms with Crippen LogP contribution in [0, 0.1) is 6.92 Å². The van der Waals surface area contributed by atoms with Crippen molar-refractivity contribution in [2.24, 2.45) is 5.73 Å². The molecule has 1 heterocycles. The lowest BCUT2D eigenvalue weighted by atomic mass is 9.94. The van der Waals surface area contributed by atoms with Crippen molar-refractivity contribution in [3.63, 3.8) is 0 Å². The summed E-state index contributed by atoms with van der Waals surface area (Å²) in [5.74, 6) is 0. The SMILES string of the molecule is Cc1cc(/C=C\Cc2ccc(-c3ccc4c5c(cccc35)-c3ccccc3-4)cc2)n(-c2ccccc2)c1/C=C\N. The van der Waals surface area contributed by atoms with E-state index in [2.05, 4.69) is 133 Å². The number of rotatable bonds is 6. The number of nitrogens with two attached hydrogens (primary N) is 1. The van der Waals surface area contributed by atoms with Gasteiger partial charge in [0, 0.05) is 11.4 Å². The number of hydrogen-bond acceptors (Lipinski definition) is 1. The van der Waals surface area contributed by atoms with Gasteiger partial charge in [0.15, 0.2) is 0 Å². The lowest BCUT2D eigenvalue weighted by molar-refractivity contribution is 1.04. The third-order valence-electron chi connectivity index (χ3n) is 7.99. The van der Waals surface area contributed by atoms with E-state index in [1.807, 2.05) is 12.1 Å². The minimum Gasteiger partial charge on any atom is -0.405 e. The molecule has 5 aromatic carbocycles. The van der Waals surface area contributed by atoms with Crippen molar-refractivity contribution in [3.8, 4) is 39.1 Å². The quantitative estimate of drug-likeness (QED) is 0.235. The zero-order valence-corrected chi connectivity index (χ0v) is 22.5. The Kier molecular flexibility index (Phi) is 5.94. The van der Waals surface area contributed by atoms with E-state index in [9.17, 15) is 0 Å². The summed E-state index contributed by atoms with van der Waals surface area (Å²) >= 11 is 0. The van der Waals surface area contributed by atoms with Crippen LogP contribution in [0.25, 0.3) is 62.0 Å². The molecule has 0 amide bonds. The summed E-state index contributed by atoms with van der Waals surface area (Å²) in [6, 6.07) is 41.7. The molecular formula is C38H30N2. The maximum absolute atomic E-state index is 5.77. The molecule has 0 unspecified atom stereocenters. The molecule has 6 aromatic rings. The number of aryl methyl sites for hydroxylation is 1. The molecule has 7 rings (SSSR count). The normalized spacial score (nSPS) is 12.1. The molecular weight excluding hydrogens is 484 g/mol. The highest BCUT2D eigenvalue weighted by Crippen LogP contribution is 2.49. The first-order chi connectivity index (χ1) is 19.7. The van der Waals surface area contributed by atoms with E-state index in [0.29, 0.717) is 0 Å². The fourth-order valence-electron chi connectivity index (χ4n) is 6.16. The Labute approximate surface area is 235 Å². The number of fused-ring (bicyclic) bond motifs is 3. The molecule has 0 spiro atoms. The number of allylic oxidation sites excluding steroid dienone is 1. The van der Waals surface area contributed by atoms with E-state index in [4.69, 9.17) is 5.73 Å². The summed E-state index contributed by atoms with van der Waals surface area (Å²) in [6.45, 7) is 2.13. The fraction of sp³-hybridized carbons (Fsp3) is 0.0526. The van der Waals surface area contributed by atoms with Crippen LogP contribution in [0.1, 0.15) is 22.5 Å². The molecule has 1 aromatic heterocycles. The van der Waals surface area contributed by atoms with E-state index in [1.54, 1.807) is 6.20 Å². The Bertz CT molecular complexity index is 1890. The average molecular weight is 515 g/mol. The summed E-state index contributed by atoms with van der Waals surface area (Å²) in [7, 11) is 0. The van der Waals surface area contributed by atoms with Gasteiger partial charge in [-0.05, 0) is 105 Å². The number of para-hydroxylation sites is 1. The highest BCUT2D eigenvalue weighted by atomic mass is 15.0. The zero-order chi connectivity index (χ0) is 27.1. The predicted molar refractivity (Wildman–Crippen MR) is 170 cm³/mol. The van der Waals surface area contributed by atoms with E-state index >= 15 is 0 Å². The van der Waals surface area contributed by atoms with Crippen LogP contribution < -0.4 is 5.73 Å². The molecule has 2 nitrogen and oxygen atoms in total. The largest absolute Gasteiger partial charge is 0.405 e. The van der Waals surface area contributed by atoms with Crippen molar-refractivity contribution < 1.29 is 0 Å². The van der Waals surface area contributed by atoms with Crippen molar-refractivity contribution in [1.82, 2.24) is 4.57 Å². The van der Waals surface area contributed by atoms with Gasteiger partial charge in [0.2, 0.25) is 0 Å². The van der Waals surface area contributed by atoms with Gasteiger partial charge in [-0.3, -0.25) is 0 Å². The van der Waals surface area contributed by atoms with Crippen molar-refractivity contribution in [3.05, 3.63) is 150 Å². The van der Waals surface area contributed by atoms with Crippen LogP contribution in [-0.4, -0.2) is 4.57 Å². The topological polar surface area (TPSA) is 30.9 Å². The first-order valence-corrected chi connectivity index (χ1v) is 13.8. The van der Waals surface area contributed by atoms with Gasteiger partial charge < -0.3 is 10.3 Å². The van der Waals surface area contributed by atoms with Gasteiger partial charge in [-0.2, -0.15) is 0 Å². The van der Waals surface area contributed by atoms with E-state index < -0.39 is 0 Å². The molecule has 40 heavy (non-hydrogen) atoms. The van der Waals surface area contributed by atoms with Gasteiger partial charge in [0.1, 0.15) is 0 Å². The van der Waals surface area contributed by atoms with Crippen molar-refractivity contribution in [2.75, 3.05) is 0 Å². The van der Waals surface area contributed by atoms with Gasteiger partial charge in [-0.1, -0.05) is 103 Å². The minimum absolute atomic E-state index is 0.862. The third kappa shape index (κ3) is 3.97. The van der Waals surface area contributed by atoms with E-state index in [1.165, 1.54) is 55.3 Å². The summed E-state index contributed by atoms with van der Waals surface area (Å²) in [5, 5.41) is 2.69. The standard InChI is InChI=1S/C38H30N2/c1-26-25-30(40(37(26)23-24-39)29-10-3-2-4-11-29)12-7-9-27-17-19-28(20-18-27)31-21-22-36-33-14-6-5-13-32(33)35-16-8-15-34(31)38(35)36/h2-8,10-25H,9,39H2,1H3/b12-7-,24-23-. The molecule has 2 N–H and O–H groups in total. The minimum atomic E-state index is 0.862. The summed E-state index contributed by atoms with van der Waals surface area (Å²) < 4.78 is 2.26. The fourth-order valence-corrected chi connectivity index (χ4v) is 6.16. The molecule has 2 heteroatoms. The van der Waals surface area contributed by atoms with Crippen LogP contribution in [0.5, 0.6) is 0 Å².